The molecule has 1 heterocycles. The summed E-state index contributed by atoms with van der Waals surface area (Å²) in [4.78, 5) is 4.07. The summed E-state index contributed by atoms with van der Waals surface area (Å²) in [6, 6.07) is 9.34. The highest BCUT2D eigenvalue weighted by Gasteiger charge is 1.98. The van der Waals surface area contributed by atoms with Gasteiger partial charge in [0.15, 0.2) is 0 Å². The number of nitrogens with zero attached hydrogens (tertiary/aromatic N) is 1. The molecule has 2 rings (SSSR count). The molecule has 0 aliphatic carbocycles. The second-order valence-electron chi connectivity index (χ2n) is 3.26. The van der Waals surface area contributed by atoms with E-state index in [9.17, 15) is 4.39 Å². The Bertz CT molecular complexity index is 463. The van der Waals surface area contributed by atoms with Crippen molar-refractivity contribution in [3.05, 3.63) is 54.0 Å². The van der Waals surface area contributed by atoms with E-state index in [2.05, 4.69) is 4.98 Å². The molecule has 0 radical (unpaired) electrons. The highest BCUT2D eigenvalue weighted by atomic mass is 35.5. The number of pyridine rings is 1. The van der Waals surface area contributed by atoms with Crippen LogP contribution >= 0.6 is 24.8 Å². The normalized spacial score (nSPS) is 9.00. The Morgan fingerprint density at radius 2 is 1.72 bits per heavy atom. The number of hydrogen-bond donors (Lipinski definition) is 1. The van der Waals surface area contributed by atoms with Crippen LogP contribution in [0.5, 0.6) is 11.6 Å². The van der Waals surface area contributed by atoms with E-state index in [-0.39, 0.29) is 30.6 Å². The lowest BCUT2D eigenvalue weighted by Gasteiger charge is -2.04. The molecule has 0 saturated heterocycles. The number of ether oxygens (including phenoxy) is 1. The van der Waals surface area contributed by atoms with Gasteiger partial charge < -0.3 is 10.5 Å². The number of aromatic nitrogens is 1. The predicted molar refractivity (Wildman–Crippen MR) is 73.1 cm³/mol. The van der Waals surface area contributed by atoms with Crippen molar-refractivity contribution in [3.63, 3.8) is 0 Å². The van der Waals surface area contributed by atoms with Gasteiger partial charge in [-0.25, -0.2) is 9.37 Å². The summed E-state index contributed by atoms with van der Waals surface area (Å²) >= 11 is 0. The van der Waals surface area contributed by atoms with Crippen molar-refractivity contribution in [1.29, 1.82) is 0 Å². The zero-order valence-electron chi connectivity index (χ0n) is 9.38. The topological polar surface area (TPSA) is 48.1 Å². The molecule has 0 aliphatic rings. The molecule has 2 aromatic rings. The van der Waals surface area contributed by atoms with Gasteiger partial charge in [0, 0.05) is 18.8 Å². The third kappa shape index (κ3) is 4.49. The van der Waals surface area contributed by atoms with Crippen LogP contribution in [0.1, 0.15) is 5.56 Å². The molecule has 2 N–H and O–H groups in total. The smallest absolute Gasteiger partial charge is 0.219 e. The van der Waals surface area contributed by atoms with Crippen LogP contribution in [0.4, 0.5) is 4.39 Å². The van der Waals surface area contributed by atoms with E-state index in [1.165, 1.54) is 12.1 Å². The Balaban J connectivity index is 0.00000144. The second-order valence-corrected chi connectivity index (χ2v) is 3.26. The lowest BCUT2D eigenvalue weighted by Crippen LogP contribution is -1.97. The maximum atomic E-state index is 12.6. The standard InChI is InChI=1S/C12H11FN2O.2ClH/c13-10-2-4-11(5-3-10)16-12-6-1-9(7-14)8-15-12;;/h1-6,8H,7,14H2;2*1H. The Morgan fingerprint density at radius 1 is 1.06 bits per heavy atom. The number of nitrogens with two attached hydrogens (primary N) is 1. The highest BCUT2D eigenvalue weighted by Crippen LogP contribution is 2.19. The van der Waals surface area contributed by atoms with Crippen LogP contribution in [-0.4, -0.2) is 4.98 Å². The van der Waals surface area contributed by atoms with Crippen molar-refractivity contribution < 1.29 is 9.13 Å². The van der Waals surface area contributed by atoms with Gasteiger partial charge in [-0.1, -0.05) is 6.07 Å². The number of halogens is 3. The third-order valence-electron chi connectivity index (χ3n) is 2.07. The van der Waals surface area contributed by atoms with E-state index >= 15 is 0 Å². The van der Waals surface area contributed by atoms with Gasteiger partial charge in [0.2, 0.25) is 5.88 Å². The number of hydrogen-bond acceptors (Lipinski definition) is 3. The van der Waals surface area contributed by atoms with Crippen molar-refractivity contribution >= 4 is 24.8 Å². The lowest BCUT2D eigenvalue weighted by molar-refractivity contribution is 0.461. The highest BCUT2D eigenvalue weighted by molar-refractivity contribution is 5.85. The molecule has 0 amide bonds. The molecule has 18 heavy (non-hydrogen) atoms. The van der Waals surface area contributed by atoms with E-state index in [1.54, 1.807) is 24.4 Å². The van der Waals surface area contributed by atoms with Gasteiger partial charge >= 0.3 is 0 Å². The molecular weight excluding hydrogens is 278 g/mol. The second kappa shape index (κ2) is 7.87. The molecule has 0 atom stereocenters. The fourth-order valence-corrected chi connectivity index (χ4v) is 1.22. The summed E-state index contributed by atoms with van der Waals surface area (Å²) < 4.78 is 18.1. The van der Waals surface area contributed by atoms with Crippen LogP contribution in [0, 0.1) is 5.82 Å². The Kier molecular flexibility index (Phi) is 7.27. The van der Waals surface area contributed by atoms with Crippen LogP contribution in [0.2, 0.25) is 0 Å². The molecular formula is C12H13Cl2FN2O. The van der Waals surface area contributed by atoms with Crippen molar-refractivity contribution in [2.75, 3.05) is 0 Å². The van der Waals surface area contributed by atoms with Gasteiger partial charge in [-0.05, 0) is 29.8 Å². The summed E-state index contributed by atoms with van der Waals surface area (Å²) in [7, 11) is 0. The molecule has 0 fully saturated rings. The molecule has 98 valence electrons. The fourth-order valence-electron chi connectivity index (χ4n) is 1.22. The molecule has 0 bridgehead atoms. The minimum Gasteiger partial charge on any atom is -0.439 e. The number of rotatable bonds is 3. The Labute approximate surface area is 117 Å². The summed E-state index contributed by atoms with van der Waals surface area (Å²) in [6.45, 7) is 0.448. The van der Waals surface area contributed by atoms with E-state index in [0.29, 0.717) is 18.2 Å². The van der Waals surface area contributed by atoms with Crippen molar-refractivity contribution in [3.8, 4) is 11.6 Å². The fraction of sp³-hybridized carbons (Fsp3) is 0.0833. The van der Waals surface area contributed by atoms with Gasteiger partial charge in [0.05, 0.1) is 0 Å². The molecule has 3 nitrogen and oxygen atoms in total. The minimum atomic E-state index is -0.293. The van der Waals surface area contributed by atoms with Gasteiger partial charge in [-0.15, -0.1) is 24.8 Å². The molecule has 6 heteroatoms. The Morgan fingerprint density at radius 3 is 2.22 bits per heavy atom. The zero-order chi connectivity index (χ0) is 11.4. The summed E-state index contributed by atoms with van der Waals surface area (Å²) in [5.74, 6) is 0.719. The molecule has 0 aliphatic heterocycles. The monoisotopic (exact) mass is 290 g/mol. The van der Waals surface area contributed by atoms with Crippen LogP contribution in [0.3, 0.4) is 0 Å². The van der Waals surface area contributed by atoms with E-state index in [0.717, 1.165) is 5.56 Å². The summed E-state index contributed by atoms with van der Waals surface area (Å²) in [5.41, 5.74) is 6.38. The first-order valence-electron chi connectivity index (χ1n) is 4.86. The molecule has 0 unspecified atom stereocenters. The quantitative estimate of drug-likeness (QED) is 0.943. The summed E-state index contributed by atoms with van der Waals surface area (Å²) in [5, 5.41) is 0. The average Bonchev–Trinajstić information content (AvgIpc) is 2.33. The van der Waals surface area contributed by atoms with E-state index in [1.807, 2.05) is 6.07 Å². The van der Waals surface area contributed by atoms with E-state index < -0.39 is 0 Å². The molecule has 1 aromatic heterocycles. The molecule has 1 aromatic carbocycles. The first-order chi connectivity index (χ1) is 7.78. The van der Waals surface area contributed by atoms with Crippen LogP contribution in [-0.2, 0) is 6.54 Å². The van der Waals surface area contributed by atoms with Crippen molar-refractivity contribution in [2.24, 2.45) is 5.73 Å². The maximum absolute atomic E-state index is 12.6. The average molecular weight is 291 g/mol. The van der Waals surface area contributed by atoms with Crippen LogP contribution < -0.4 is 10.5 Å². The SMILES string of the molecule is Cl.Cl.NCc1ccc(Oc2ccc(F)cc2)nc1. The van der Waals surface area contributed by atoms with Gasteiger partial charge in [-0.3, -0.25) is 0 Å². The summed E-state index contributed by atoms with van der Waals surface area (Å²) in [6.07, 6.45) is 1.65. The van der Waals surface area contributed by atoms with Gasteiger partial charge in [0.1, 0.15) is 11.6 Å². The predicted octanol–water partition coefficient (Wildman–Crippen LogP) is 3.32. The third-order valence-corrected chi connectivity index (χ3v) is 2.07. The van der Waals surface area contributed by atoms with Crippen molar-refractivity contribution in [2.45, 2.75) is 6.54 Å². The molecule has 0 spiro atoms. The van der Waals surface area contributed by atoms with Gasteiger partial charge in [-0.2, -0.15) is 0 Å². The first-order valence-corrected chi connectivity index (χ1v) is 4.86. The van der Waals surface area contributed by atoms with Crippen LogP contribution in [0.15, 0.2) is 42.6 Å². The van der Waals surface area contributed by atoms with Crippen LogP contribution in [0.25, 0.3) is 0 Å². The minimum absolute atomic E-state index is 0. The number of benzene rings is 1. The Hall–Kier alpha value is -1.36. The maximum Gasteiger partial charge on any atom is 0.219 e. The lowest BCUT2D eigenvalue weighted by atomic mass is 10.3. The van der Waals surface area contributed by atoms with Crippen molar-refractivity contribution in [1.82, 2.24) is 4.98 Å². The van der Waals surface area contributed by atoms with Gasteiger partial charge in [0.25, 0.3) is 0 Å². The molecule has 0 saturated carbocycles. The zero-order valence-corrected chi connectivity index (χ0v) is 11.0. The largest absolute Gasteiger partial charge is 0.439 e. The van der Waals surface area contributed by atoms with E-state index in [4.69, 9.17) is 10.5 Å². The first kappa shape index (κ1) is 16.6.